The number of rotatable bonds is 4. The van der Waals surface area contributed by atoms with Crippen LogP contribution in [0.15, 0.2) is 30.7 Å². The van der Waals surface area contributed by atoms with E-state index in [1.54, 1.807) is 6.20 Å². The molecule has 126 valence electrons. The van der Waals surface area contributed by atoms with Crippen molar-refractivity contribution in [3.8, 4) is 0 Å². The summed E-state index contributed by atoms with van der Waals surface area (Å²) in [6, 6.07) is 4.11. The first-order valence-corrected chi connectivity index (χ1v) is 9.25. The number of hydrogen-bond donors (Lipinski definition) is 0. The molecule has 1 aliphatic carbocycles. The van der Waals surface area contributed by atoms with Gasteiger partial charge in [0, 0.05) is 43.5 Å². The van der Waals surface area contributed by atoms with E-state index in [2.05, 4.69) is 20.9 Å². The van der Waals surface area contributed by atoms with Crippen molar-refractivity contribution in [2.24, 2.45) is 11.8 Å². The highest BCUT2D eigenvalue weighted by atomic mass is 16.2. The Kier molecular flexibility index (Phi) is 4.46. The predicted molar refractivity (Wildman–Crippen MR) is 94.5 cm³/mol. The summed E-state index contributed by atoms with van der Waals surface area (Å²) < 4.78 is 0. The Bertz CT molecular complexity index is 720. The lowest BCUT2D eigenvalue weighted by Crippen LogP contribution is -2.32. The maximum atomic E-state index is 12.4. The fourth-order valence-electron chi connectivity index (χ4n) is 3.85. The Balaban J connectivity index is 1.40. The summed E-state index contributed by atoms with van der Waals surface area (Å²) in [7, 11) is 0. The van der Waals surface area contributed by atoms with Crippen molar-refractivity contribution in [2.75, 3.05) is 13.1 Å². The molecule has 4 nitrogen and oxygen atoms in total. The van der Waals surface area contributed by atoms with Gasteiger partial charge in [0.25, 0.3) is 0 Å². The van der Waals surface area contributed by atoms with Crippen LogP contribution in [0.1, 0.15) is 44.1 Å². The van der Waals surface area contributed by atoms with Crippen LogP contribution >= 0.6 is 0 Å². The van der Waals surface area contributed by atoms with Gasteiger partial charge < -0.3 is 4.90 Å². The first kappa shape index (κ1) is 15.6. The van der Waals surface area contributed by atoms with Crippen molar-refractivity contribution in [1.82, 2.24) is 14.9 Å². The summed E-state index contributed by atoms with van der Waals surface area (Å²) in [5.41, 5.74) is 2.37. The Morgan fingerprint density at radius 2 is 2.00 bits per heavy atom. The second kappa shape index (κ2) is 6.88. The molecule has 2 aromatic heterocycles. The van der Waals surface area contributed by atoms with Crippen molar-refractivity contribution < 1.29 is 4.79 Å². The molecule has 0 radical (unpaired) electrons. The van der Waals surface area contributed by atoms with Crippen LogP contribution in [0.25, 0.3) is 10.9 Å². The first-order chi connectivity index (χ1) is 11.8. The maximum Gasteiger partial charge on any atom is 0.222 e. The molecule has 2 aromatic rings. The molecule has 4 heteroatoms. The van der Waals surface area contributed by atoms with Gasteiger partial charge in [0.1, 0.15) is 0 Å². The highest BCUT2D eigenvalue weighted by Gasteiger charge is 2.28. The van der Waals surface area contributed by atoms with Crippen LogP contribution in [0, 0.1) is 11.8 Å². The number of fused-ring (bicyclic) bond motifs is 1. The van der Waals surface area contributed by atoms with Crippen LogP contribution in [-0.4, -0.2) is 33.9 Å². The van der Waals surface area contributed by atoms with Gasteiger partial charge >= 0.3 is 0 Å². The molecule has 1 atom stereocenters. The zero-order valence-electron chi connectivity index (χ0n) is 14.2. The lowest BCUT2D eigenvalue weighted by atomic mass is 9.92. The van der Waals surface area contributed by atoms with Crippen LogP contribution < -0.4 is 0 Å². The average Bonchev–Trinajstić information content (AvgIpc) is 3.42. The minimum atomic E-state index is 0.386. The number of aromatic nitrogens is 2. The highest BCUT2D eigenvalue weighted by Crippen LogP contribution is 2.33. The molecule has 1 amide bonds. The second-order valence-electron chi connectivity index (χ2n) is 7.39. The number of pyridine rings is 2. The fraction of sp³-hybridized carbons (Fsp3) is 0.550. The molecule has 0 spiro atoms. The molecule has 1 aliphatic heterocycles. The number of carbonyl (C=O) groups excluding carboxylic acids is 1. The average molecular weight is 323 g/mol. The molecule has 0 unspecified atom stereocenters. The third-order valence-electron chi connectivity index (χ3n) is 5.50. The number of nitrogens with zero attached hydrogens (tertiary/aromatic N) is 3. The third kappa shape index (κ3) is 3.58. The molecular formula is C20H25N3O. The molecule has 0 bridgehead atoms. The van der Waals surface area contributed by atoms with Gasteiger partial charge in [-0.25, -0.2) is 0 Å². The smallest absolute Gasteiger partial charge is 0.222 e. The van der Waals surface area contributed by atoms with Gasteiger partial charge in [-0.2, -0.15) is 0 Å². The first-order valence-electron chi connectivity index (χ1n) is 9.25. The SMILES string of the molecule is O=C(CC1CC1)N1CCC[C@@H](Cc2ccnc3ccncc23)CC1. The van der Waals surface area contributed by atoms with Gasteiger partial charge in [0.15, 0.2) is 0 Å². The lowest BCUT2D eigenvalue weighted by Gasteiger charge is -2.20. The van der Waals surface area contributed by atoms with E-state index in [1.807, 2.05) is 18.5 Å². The molecule has 1 saturated carbocycles. The predicted octanol–water partition coefficient (Wildman–Crippen LogP) is 3.60. The van der Waals surface area contributed by atoms with Crippen LogP contribution in [0.4, 0.5) is 0 Å². The van der Waals surface area contributed by atoms with E-state index < -0.39 is 0 Å². The summed E-state index contributed by atoms with van der Waals surface area (Å²) in [6.45, 7) is 1.87. The van der Waals surface area contributed by atoms with Crippen molar-refractivity contribution >= 4 is 16.8 Å². The van der Waals surface area contributed by atoms with E-state index in [0.29, 0.717) is 17.7 Å². The van der Waals surface area contributed by atoms with E-state index >= 15 is 0 Å². The summed E-state index contributed by atoms with van der Waals surface area (Å²) in [4.78, 5) is 23.2. The monoisotopic (exact) mass is 323 g/mol. The quantitative estimate of drug-likeness (QED) is 0.863. The molecule has 3 heterocycles. The summed E-state index contributed by atoms with van der Waals surface area (Å²) >= 11 is 0. The molecule has 2 fully saturated rings. The van der Waals surface area contributed by atoms with Crippen LogP contribution in [0.5, 0.6) is 0 Å². The molecule has 24 heavy (non-hydrogen) atoms. The Morgan fingerprint density at radius 1 is 1.08 bits per heavy atom. The second-order valence-corrected chi connectivity index (χ2v) is 7.39. The van der Waals surface area contributed by atoms with Gasteiger partial charge in [-0.15, -0.1) is 0 Å². The highest BCUT2D eigenvalue weighted by molar-refractivity contribution is 5.80. The molecular weight excluding hydrogens is 298 g/mol. The molecule has 1 saturated heterocycles. The van der Waals surface area contributed by atoms with E-state index in [-0.39, 0.29) is 0 Å². The normalized spacial score (nSPS) is 21.7. The summed E-state index contributed by atoms with van der Waals surface area (Å²) in [5, 5.41) is 1.17. The number of hydrogen-bond acceptors (Lipinski definition) is 3. The topological polar surface area (TPSA) is 46.1 Å². The van der Waals surface area contributed by atoms with Gasteiger partial charge in [-0.3, -0.25) is 14.8 Å². The molecule has 0 aromatic carbocycles. The Hall–Kier alpha value is -1.97. The van der Waals surface area contributed by atoms with E-state index in [4.69, 9.17) is 0 Å². The molecule has 4 rings (SSSR count). The van der Waals surface area contributed by atoms with E-state index in [1.165, 1.54) is 30.2 Å². The Labute approximate surface area is 143 Å². The fourth-order valence-corrected chi connectivity index (χ4v) is 3.85. The zero-order chi connectivity index (χ0) is 16.4. The number of carbonyl (C=O) groups is 1. The van der Waals surface area contributed by atoms with E-state index in [9.17, 15) is 4.79 Å². The molecule has 0 N–H and O–H groups in total. The number of amides is 1. The largest absolute Gasteiger partial charge is 0.343 e. The van der Waals surface area contributed by atoms with Crippen molar-refractivity contribution in [3.63, 3.8) is 0 Å². The van der Waals surface area contributed by atoms with Gasteiger partial charge in [-0.05, 0) is 68.1 Å². The van der Waals surface area contributed by atoms with Crippen molar-refractivity contribution in [1.29, 1.82) is 0 Å². The third-order valence-corrected chi connectivity index (χ3v) is 5.50. The molecule has 2 aliphatic rings. The summed E-state index contributed by atoms with van der Waals surface area (Å²) in [5.74, 6) is 1.72. The standard InChI is InChI=1S/C20H25N3O/c24-20(13-16-3-4-16)23-10-1-2-15(7-11-23)12-17-5-9-22-19-6-8-21-14-18(17)19/h5-6,8-9,14-16H,1-4,7,10-13H2/t15-/m1/s1. The van der Waals surface area contributed by atoms with Gasteiger partial charge in [0.2, 0.25) is 5.91 Å². The minimum Gasteiger partial charge on any atom is -0.343 e. The van der Waals surface area contributed by atoms with Crippen LogP contribution in [-0.2, 0) is 11.2 Å². The number of likely N-dealkylation sites (tertiary alicyclic amines) is 1. The zero-order valence-corrected chi connectivity index (χ0v) is 14.2. The van der Waals surface area contributed by atoms with Crippen molar-refractivity contribution in [2.45, 2.75) is 44.9 Å². The van der Waals surface area contributed by atoms with Crippen LogP contribution in [0.3, 0.4) is 0 Å². The van der Waals surface area contributed by atoms with Gasteiger partial charge in [-0.1, -0.05) is 0 Å². The van der Waals surface area contributed by atoms with Crippen molar-refractivity contribution in [3.05, 3.63) is 36.3 Å². The van der Waals surface area contributed by atoms with Crippen LogP contribution in [0.2, 0.25) is 0 Å². The Morgan fingerprint density at radius 3 is 2.88 bits per heavy atom. The minimum absolute atomic E-state index is 0.386. The van der Waals surface area contributed by atoms with E-state index in [0.717, 1.165) is 44.3 Å². The maximum absolute atomic E-state index is 12.4. The lowest BCUT2D eigenvalue weighted by molar-refractivity contribution is -0.131. The summed E-state index contributed by atoms with van der Waals surface area (Å²) in [6.07, 6.45) is 13.4. The van der Waals surface area contributed by atoms with Gasteiger partial charge in [0.05, 0.1) is 5.52 Å².